The van der Waals surface area contributed by atoms with Gasteiger partial charge in [-0.25, -0.2) is 4.79 Å². The maximum atomic E-state index is 12.1. The molecule has 3 aromatic rings. The number of para-hydroxylation sites is 1. The smallest absolute Gasteiger partial charge is 0.241 e. The lowest BCUT2D eigenvalue weighted by atomic mass is 10.2. The Morgan fingerprint density at radius 3 is 2.76 bits per heavy atom. The molecular weight excluding hydrogens is 256 g/mol. The number of nitrogens with zero attached hydrogens (tertiary/aromatic N) is 2. The van der Waals surface area contributed by atoms with Crippen molar-refractivity contribution >= 4 is 39.6 Å². The third-order valence-electron chi connectivity index (χ3n) is 2.85. The van der Waals surface area contributed by atoms with E-state index in [0.29, 0.717) is 0 Å². The van der Waals surface area contributed by atoms with Gasteiger partial charge in [-0.2, -0.15) is 8.97 Å². The highest BCUT2D eigenvalue weighted by Crippen LogP contribution is 2.12. The van der Waals surface area contributed by atoms with Gasteiger partial charge in [0.15, 0.2) is 0 Å². The molecule has 0 spiro atoms. The third-order valence-corrected chi connectivity index (χ3v) is 3.97. The summed E-state index contributed by atoms with van der Waals surface area (Å²) in [7, 11) is 1.82. The summed E-state index contributed by atoms with van der Waals surface area (Å²) >= 11 is 1.60. The summed E-state index contributed by atoms with van der Waals surface area (Å²) in [4.78, 5) is 13.1. The molecule has 0 radical (unpaired) electrons. The van der Waals surface area contributed by atoms with Crippen LogP contribution in [0.3, 0.4) is 0 Å². The second-order valence-corrected chi connectivity index (χ2v) is 4.71. The molecule has 0 amide bonds. The van der Waals surface area contributed by atoms with Crippen LogP contribution in [-0.4, -0.2) is 4.57 Å². The molecule has 0 saturated carbocycles. The van der Waals surface area contributed by atoms with Gasteiger partial charge in [0.05, 0.1) is 7.05 Å². The first-order valence-electron chi connectivity index (χ1n) is 5.08. The van der Waals surface area contributed by atoms with Crippen LogP contribution >= 0.6 is 23.7 Å². The molecule has 2 aromatic heterocycles. The standard InChI is InChI=1S/C12H11N2OS.ClH/c1-8-7-16-12-13(2)11(15)9-5-3-4-6-10(9)14(8)12;/h3-7H,1-2H3;1H/q+1;. The number of halogens is 1. The molecule has 0 aliphatic heterocycles. The second-order valence-electron chi connectivity index (χ2n) is 3.88. The van der Waals surface area contributed by atoms with E-state index in [-0.39, 0.29) is 18.0 Å². The monoisotopic (exact) mass is 267 g/mol. The molecule has 5 heteroatoms. The molecular formula is C12H12ClN2OS+. The lowest BCUT2D eigenvalue weighted by Gasteiger charge is -1.99. The van der Waals surface area contributed by atoms with Crippen molar-refractivity contribution in [3.05, 3.63) is 45.7 Å². The van der Waals surface area contributed by atoms with Crippen LogP contribution in [0, 0.1) is 6.92 Å². The molecule has 17 heavy (non-hydrogen) atoms. The Labute approximate surface area is 108 Å². The van der Waals surface area contributed by atoms with E-state index in [1.807, 2.05) is 31.3 Å². The molecule has 0 aliphatic carbocycles. The minimum atomic E-state index is 0. The van der Waals surface area contributed by atoms with Crippen molar-refractivity contribution in [1.82, 2.24) is 4.57 Å². The van der Waals surface area contributed by atoms with Gasteiger partial charge in [0, 0.05) is 5.38 Å². The SMILES string of the molecule is Cc1csc2n(C)c(=O)c3ccccc3[n+]12.Cl. The summed E-state index contributed by atoms with van der Waals surface area (Å²) in [6.07, 6.45) is 0. The van der Waals surface area contributed by atoms with Gasteiger partial charge in [0.1, 0.15) is 16.6 Å². The van der Waals surface area contributed by atoms with Gasteiger partial charge in [-0.05, 0) is 19.1 Å². The van der Waals surface area contributed by atoms with Gasteiger partial charge in [0.25, 0.3) is 0 Å². The number of benzene rings is 1. The third kappa shape index (κ3) is 1.56. The number of hydrogen-bond acceptors (Lipinski definition) is 2. The van der Waals surface area contributed by atoms with E-state index >= 15 is 0 Å². The van der Waals surface area contributed by atoms with Gasteiger partial charge in [0.2, 0.25) is 0 Å². The molecule has 0 aliphatic rings. The highest BCUT2D eigenvalue weighted by molar-refractivity contribution is 7.14. The highest BCUT2D eigenvalue weighted by Gasteiger charge is 2.18. The zero-order valence-corrected chi connectivity index (χ0v) is 11.1. The Morgan fingerprint density at radius 2 is 2.00 bits per heavy atom. The van der Waals surface area contributed by atoms with Crippen LogP contribution in [0.2, 0.25) is 0 Å². The van der Waals surface area contributed by atoms with Crippen LogP contribution in [0.25, 0.3) is 15.9 Å². The quantitative estimate of drug-likeness (QED) is 0.573. The number of rotatable bonds is 0. The lowest BCUT2D eigenvalue weighted by molar-refractivity contribution is -0.489. The Kier molecular flexibility index (Phi) is 2.93. The fourth-order valence-electron chi connectivity index (χ4n) is 2.03. The summed E-state index contributed by atoms with van der Waals surface area (Å²) < 4.78 is 3.83. The first-order chi connectivity index (χ1) is 7.70. The Morgan fingerprint density at radius 1 is 1.29 bits per heavy atom. The summed E-state index contributed by atoms with van der Waals surface area (Å²) in [5.74, 6) is 0. The van der Waals surface area contributed by atoms with Gasteiger partial charge in [-0.3, -0.25) is 0 Å². The number of aryl methyl sites for hydroxylation is 2. The van der Waals surface area contributed by atoms with E-state index in [0.717, 1.165) is 21.6 Å². The largest absolute Gasteiger partial charge is 0.348 e. The molecule has 1 aromatic carbocycles. The Bertz CT molecular complexity index is 760. The van der Waals surface area contributed by atoms with Gasteiger partial charge < -0.3 is 0 Å². The molecule has 2 heterocycles. The maximum Gasteiger partial charge on any atom is 0.348 e. The first-order valence-corrected chi connectivity index (χ1v) is 5.95. The second kappa shape index (κ2) is 4.13. The van der Waals surface area contributed by atoms with E-state index in [4.69, 9.17) is 0 Å². The minimum absolute atomic E-state index is 0. The minimum Gasteiger partial charge on any atom is -0.241 e. The number of fused-ring (bicyclic) bond motifs is 3. The van der Waals surface area contributed by atoms with Crippen LogP contribution in [0.4, 0.5) is 0 Å². The predicted molar refractivity (Wildman–Crippen MR) is 72.2 cm³/mol. The summed E-state index contributed by atoms with van der Waals surface area (Å²) in [5.41, 5.74) is 2.21. The van der Waals surface area contributed by atoms with Crippen LogP contribution in [0.5, 0.6) is 0 Å². The van der Waals surface area contributed by atoms with Crippen molar-refractivity contribution in [1.29, 1.82) is 0 Å². The maximum absolute atomic E-state index is 12.1. The van der Waals surface area contributed by atoms with Gasteiger partial charge >= 0.3 is 10.5 Å². The average molecular weight is 268 g/mol. The molecule has 0 atom stereocenters. The lowest BCUT2D eigenvalue weighted by Crippen LogP contribution is -2.33. The molecule has 0 N–H and O–H groups in total. The van der Waals surface area contributed by atoms with Crippen molar-refractivity contribution in [3.63, 3.8) is 0 Å². The number of thiazole rings is 1. The van der Waals surface area contributed by atoms with Gasteiger partial charge in [-0.1, -0.05) is 23.5 Å². The molecule has 3 nitrogen and oxygen atoms in total. The summed E-state index contributed by atoms with van der Waals surface area (Å²) in [5, 5.41) is 2.84. The topological polar surface area (TPSA) is 26.1 Å². The predicted octanol–water partition coefficient (Wildman–Crippen LogP) is 2.07. The Hall–Kier alpha value is -1.39. The van der Waals surface area contributed by atoms with E-state index in [2.05, 4.69) is 16.7 Å². The van der Waals surface area contributed by atoms with Crippen molar-refractivity contribution in [2.24, 2.45) is 7.05 Å². The van der Waals surface area contributed by atoms with Crippen molar-refractivity contribution < 1.29 is 4.40 Å². The van der Waals surface area contributed by atoms with E-state index in [1.54, 1.807) is 15.9 Å². The fourth-order valence-corrected chi connectivity index (χ4v) is 3.00. The molecule has 0 fully saturated rings. The van der Waals surface area contributed by atoms with E-state index in [1.165, 1.54) is 0 Å². The normalized spacial score (nSPS) is 10.7. The fraction of sp³-hybridized carbons (Fsp3) is 0.167. The molecule has 0 unspecified atom stereocenters. The highest BCUT2D eigenvalue weighted by atomic mass is 35.5. The van der Waals surface area contributed by atoms with Gasteiger partial charge in [-0.15, -0.1) is 12.4 Å². The van der Waals surface area contributed by atoms with Crippen LogP contribution in [0.15, 0.2) is 34.4 Å². The van der Waals surface area contributed by atoms with Crippen molar-refractivity contribution in [3.8, 4) is 0 Å². The molecule has 0 saturated heterocycles. The van der Waals surface area contributed by atoms with Crippen LogP contribution < -0.4 is 9.96 Å². The van der Waals surface area contributed by atoms with Crippen LogP contribution in [0.1, 0.15) is 5.69 Å². The molecule has 88 valence electrons. The first kappa shape index (κ1) is 12.1. The van der Waals surface area contributed by atoms with E-state index < -0.39 is 0 Å². The molecule has 0 bridgehead atoms. The zero-order chi connectivity index (χ0) is 11.3. The Balaban J connectivity index is 0.00000108. The van der Waals surface area contributed by atoms with Crippen LogP contribution in [-0.2, 0) is 7.05 Å². The van der Waals surface area contributed by atoms with E-state index in [9.17, 15) is 4.79 Å². The number of aromatic nitrogens is 2. The average Bonchev–Trinajstić information content (AvgIpc) is 2.69. The summed E-state index contributed by atoms with van der Waals surface area (Å²) in [6.45, 7) is 2.06. The zero-order valence-electron chi connectivity index (χ0n) is 9.51. The van der Waals surface area contributed by atoms with Crippen molar-refractivity contribution in [2.45, 2.75) is 6.92 Å². The molecule has 3 rings (SSSR count). The van der Waals surface area contributed by atoms with Crippen molar-refractivity contribution in [2.75, 3.05) is 0 Å². The number of hydrogen-bond donors (Lipinski definition) is 0. The summed E-state index contributed by atoms with van der Waals surface area (Å²) in [6, 6.07) is 7.73.